The molecule has 0 radical (unpaired) electrons. The van der Waals surface area contributed by atoms with Gasteiger partial charge in [-0.15, -0.1) is 0 Å². The van der Waals surface area contributed by atoms with Gasteiger partial charge >= 0.3 is 0 Å². The molecular weight excluding hydrogens is 354 g/mol. The van der Waals surface area contributed by atoms with Crippen molar-refractivity contribution in [3.8, 4) is 5.75 Å². The summed E-state index contributed by atoms with van der Waals surface area (Å²) in [6.45, 7) is 4.60. The van der Waals surface area contributed by atoms with E-state index in [-0.39, 0.29) is 11.8 Å². The third-order valence-corrected chi connectivity index (χ3v) is 4.34. The first-order valence-electron chi connectivity index (χ1n) is 9.43. The lowest BCUT2D eigenvalue weighted by atomic mass is 10.1. The standard InChI is InChI=1S/C22H29N3O3/c1-16-11-12-17(2)20(14-16)28-13-6-5-10-21(26)23-24-22(27)18-8-7-9-19(15-18)25(3)4/h7-9,11-12,14-15H,5-6,10,13H2,1-4H3,(H,23,26)(H,24,27). The van der Waals surface area contributed by atoms with Crippen LogP contribution in [0.2, 0.25) is 0 Å². The molecule has 0 aliphatic rings. The Morgan fingerprint density at radius 2 is 1.79 bits per heavy atom. The highest BCUT2D eigenvalue weighted by molar-refractivity contribution is 5.96. The average Bonchev–Trinajstić information content (AvgIpc) is 2.68. The molecular formula is C22H29N3O3. The van der Waals surface area contributed by atoms with Gasteiger partial charge in [0.25, 0.3) is 5.91 Å². The monoisotopic (exact) mass is 383 g/mol. The maximum absolute atomic E-state index is 12.2. The number of amides is 2. The molecule has 0 aromatic heterocycles. The van der Waals surface area contributed by atoms with Gasteiger partial charge in [0.1, 0.15) is 5.75 Å². The van der Waals surface area contributed by atoms with Crippen LogP contribution in [0.1, 0.15) is 40.7 Å². The zero-order valence-electron chi connectivity index (χ0n) is 17.0. The minimum atomic E-state index is -0.338. The molecule has 2 amide bonds. The van der Waals surface area contributed by atoms with Crippen LogP contribution in [0.15, 0.2) is 42.5 Å². The molecule has 0 aliphatic carbocycles. The van der Waals surface area contributed by atoms with Crippen LogP contribution in [0.25, 0.3) is 0 Å². The van der Waals surface area contributed by atoms with E-state index in [0.29, 0.717) is 25.0 Å². The van der Waals surface area contributed by atoms with E-state index >= 15 is 0 Å². The van der Waals surface area contributed by atoms with Gasteiger partial charge < -0.3 is 9.64 Å². The van der Waals surface area contributed by atoms with Crippen molar-refractivity contribution in [1.29, 1.82) is 0 Å². The summed E-state index contributed by atoms with van der Waals surface area (Å²) in [4.78, 5) is 26.0. The molecule has 0 saturated heterocycles. The summed E-state index contributed by atoms with van der Waals surface area (Å²) >= 11 is 0. The Morgan fingerprint density at radius 3 is 2.54 bits per heavy atom. The van der Waals surface area contributed by atoms with E-state index in [1.165, 1.54) is 0 Å². The predicted octanol–water partition coefficient (Wildman–Crippen LogP) is 3.38. The number of carbonyl (C=O) groups excluding carboxylic acids is 2. The van der Waals surface area contributed by atoms with E-state index in [2.05, 4.69) is 16.9 Å². The molecule has 0 saturated carbocycles. The topological polar surface area (TPSA) is 70.7 Å². The lowest BCUT2D eigenvalue weighted by Crippen LogP contribution is -2.41. The molecule has 2 aromatic rings. The second-order valence-electron chi connectivity index (χ2n) is 7.02. The van der Waals surface area contributed by atoms with E-state index in [1.807, 2.05) is 57.1 Å². The zero-order valence-corrected chi connectivity index (χ0v) is 17.0. The molecule has 2 aromatic carbocycles. The molecule has 0 unspecified atom stereocenters. The first kappa shape index (κ1) is 21.3. The molecule has 28 heavy (non-hydrogen) atoms. The van der Waals surface area contributed by atoms with E-state index in [0.717, 1.165) is 29.0 Å². The van der Waals surface area contributed by atoms with Gasteiger partial charge in [0.15, 0.2) is 0 Å². The normalized spacial score (nSPS) is 10.3. The van der Waals surface area contributed by atoms with Gasteiger partial charge in [-0.3, -0.25) is 20.4 Å². The number of unbranched alkanes of at least 4 members (excludes halogenated alkanes) is 1. The molecule has 0 bridgehead atoms. The van der Waals surface area contributed by atoms with E-state index in [4.69, 9.17) is 4.74 Å². The van der Waals surface area contributed by atoms with Crippen molar-refractivity contribution in [3.63, 3.8) is 0 Å². The van der Waals surface area contributed by atoms with Crippen LogP contribution < -0.4 is 20.5 Å². The summed E-state index contributed by atoms with van der Waals surface area (Å²) in [6.07, 6.45) is 1.77. The summed E-state index contributed by atoms with van der Waals surface area (Å²) < 4.78 is 5.78. The fourth-order valence-electron chi connectivity index (χ4n) is 2.62. The van der Waals surface area contributed by atoms with Crippen LogP contribution in [0.4, 0.5) is 5.69 Å². The van der Waals surface area contributed by atoms with Crippen LogP contribution in [0.5, 0.6) is 5.75 Å². The maximum atomic E-state index is 12.2. The van der Waals surface area contributed by atoms with Gasteiger partial charge in [-0.25, -0.2) is 0 Å². The Balaban J connectivity index is 1.66. The molecule has 2 N–H and O–H groups in total. The van der Waals surface area contributed by atoms with Gasteiger partial charge in [-0.05, 0) is 62.1 Å². The van der Waals surface area contributed by atoms with E-state index < -0.39 is 0 Å². The number of nitrogens with one attached hydrogen (secondary N) is 2. The van der Waals surface area contributed by atoms with Crippen LogP contribution >= 0.6 is 0 Å². The number of carbonyl (C=O) groups is 2. The second kappa shape index (κ2) is 10.3. The fourth-order valence-corrected chi connectivity index (χ4v) is 2.62. The number of hydrazine groups is 1. The third kappa shape index (κ3) is 6.61. The number of nitrogens with zero attached hydrogens (tertiary/aromatic N) is 1. The highest BCUT2D eigenvalue weighted by Crippen LogP contribution is 2.19. The van der Waals surface area contributed by atoms with Crippen LogP contribution in [-0.4, -0.2) is 32.5 Å². The van der Waals surface area contributed by atoms with Crippen LogP contribution in [0.3, 0.4) is 0 Å². The molecule has 6 heteroatoms. The van der Waals surface area contributed by atoms with E-state index in [1.54, 1.807) is 12.1 Å². The van der Waals surface area contributed by atoms with Crippen molar-refractivity contribution >= 4 is 17.5 Å². The molecule has 0 fully saturated rings. The Morgan fingerprint density at radius 1 is 1.00 bits per heavy atom. The van der Waals surface area contributed by atoms with Gasteiger partial charge in [-0.1, -0.05) is 18.2 Å². The molecule has 0 atom stereocenters. The summed E-state index contributed by atoms with van der Waals surface area (Å²) in [7, 11) is 3.81. The number of rotatable bonds is 8. The van der Waals surface area contributed by atoms with E-state index in [9.17, 15) is 9.59 Å². The van der Waals surface area contributed by atoms with Crippen molar-refractivity contribution in [2.24, 2.45) is 0 Å². The lowest BCUT2D eigenvalue weighted by Gasteiger charge is -2.13. The molecule has 2 rings (SSSR count). The highest BCUT2D eigenvalue weighted by atomic mass is 16.5. The molecule has 150 valence electrons. The first-order chi connectivity index (χ1) is 13.4. The second-order valence-corrected chi connectivity index (χ2v) is 7.02. The van der Waals surface area contributed by atoms with Crippen molar-refractivity contribution in [3.05, 3.63) is 59.2 Å². The molecule has 0 heterocycles. The van der Waals surface area contributed by atoms with Gasteiger partial charge in [-0.2, -0.15) is 0 Å². The zero-order chi connectivity index (χ0) is 20.5. The summed E-state index contributed by atoms with van der Waals surface area (Å²) in [6, 6.07) is 13.3. The largest absolute Gasteiger partial charge is 0.493 e. The smallest absolute Gasteiger partial charge is 0.269 e. The predicted molar refractivity (Wildman–Crippen MR) is 112 cm³/mol. The first-order valence-corrected chi connectivity index (χ1v) is 9.43. The quantitative estimate of drug-likeness (QED) is 0.542. The molecule has 6 nitrogen and oxygen atoms in total. The number of hydrogen-bond acceptors (Lipinski definition) is 4. The third-order valence-electron chi connectivity index (χ3n) is 4.34. The van der Waals surface area contributed by atoms with Gasteiger partial charge in [0.2, 0.25) is 5.91 Å². The Bertz CT molecular complexity index is 818. The van der Waals surface area contributed by atoms with Crippen molar-refractivity contribution in [2.75, 3.05) is 25.6 Å². The van der Waals surface area contributed by atoms with Crippen LogP contribution in [-0.2, 0) is 4.79 Å². The van der Waals surface area contributed by atoms with Crippen molar-refractivity contribution in [2.45, 2.75) is 33.1 Å². The summed E-state index contributed by atoms with van der Waals surface area (Å²) in [5, 5.41) is 0. The maximum Gasteiger partial charge on any atom is 0.269 e. The van der Waals surface area contributed by atoms with Gasteiger partial charge in [0, 0.05) is 31.8 Å². The minimum absolute atomic E-state index is 0.219. The number of hydrogen-bond donors (Lipinski definition) is 2. The van der Waals surface area contributed by atoms with Crippen molar-refractivity contribution in [1.82, 2.24) is 10.9 Å². The fraction of sp³-hybridized carbons (Fsp3) is 0.364. The Labute approximate surface area is 166 Å². The van der Waals surface area contributed by atoms with Crippen molar-refractivity contribution < 1.29 is 14.3 Å². The Hall–Kier alpha value is -3.02. The number of anilines is 1. The van der Waals surface area contributed by atoms with Gasteiger partial charge in [0.05, 0.1) is 6.61 Å². The molecule has 0 aliphatic heterocycles. The number of benzene rings is 2. The average molecular weight is 383 g/mol. The lowest BCUT2D eigenvalue weighted by molar-refractivity contribution is -0.122. The van der Waals surface area contributed by atoms with Crippen LogP contribution in [0, 0.1) is 13.8 Å². The SMILES string of the molecule is Cc1ccc(C)c(OCCCCC(=O)NNC(=O)c2cccc(N(C)C)c2)c1. The number of ether oxygens (including phenoxy) is 1. The minimum Gasteiger partial charge on any atom is -0.493 e. The molecule has 0 spiro atoms. The highest BCUT2D eigenvalue weighted by Gasteiger charge is 2.09. The summed E-state index contributed by atoms with van der Waals surface area (Å²) in [5.41, 5.74) is 8.59. The number of aryl methyl sites for hydroxylation is 2. The Kier molecular flexibility index (Phi) is 7.87. The summed E-state index contributed by atoms with van der Waals surface area (Å²) in [5.74, 6) is 0.329.